The number of benzene rings is 3. The van der Waals surface area contributed by atoms with E-state index >= 15 is 0 Å². The van der Waals surface area contributed by atoms with E-state index in [0.717, 1.165) is 16.7 Å². The van der Waals surface area contributed by atoms with E-state index in [-0.39, 0.29) is 26.4 Å². The van der Waals surface area contributed by atoms with Crippen molar-refractivity contribution in [1.29, 1.82) is 0 Å². The van der Waals surface area contributed by atoms with Gasteiger partial charge in [-0.2, -0.15) is 0 Å². The Morgan fingerprint density at radius 1 is 0.810 bits per heavy atom. The molecule has 1 heterocycles. The van der Waals surface area contributed by atoms with Crippen LogP contribution in [-0.4, -0.2) is 88.9 Å². The van der Waals surface area contributed by atoms with Crippen molar-refractivity contribution in [3.8, 4) is 0 Å². The minimum Gasteiger partial charge on any atom is -0.390 e. The molecule has 0 aromatic heterocycles. The lowest BCUT2D eigenvalue weighted by Crippen LogP contribution is -2.64. The molecule has 9 nitrogen and oxygen atoms in total. The van der Waals surface area contributed by atoms with Gasteiger partial charge >= 0.3 is 0 Å². The molecule has 3 aromatic rings. The van der Waals surface area contributed by atoms with Crippen molar-refractivity contribution in [2.75, 3.05) is 32.8 Å². The van der Waals surface area contributed by atoms with Gasteiger partial charge in [0.05, 0.1) is 32.5 Å². The molecular formula is C33H42N2O7. The van der Waals surface area contributed by atoms with Crippen LogP contribution in [0, 0.1) is 0 Å². The van der Waals surface area contributed by atoms with Crippen molar-refractivity contribution >= 4 is 5.91 Å². The van der Waals surface area contributed by atoms with Gasteiger partial charge in [0.15, 0.2) is 6.10 Å². The summed E-state index contributed by atoms with van der Waals surface area (Å²) < 4.78 is 18.5. The first-order valence-electron chi connectivity index (χ1n) is 14.4. The lowest BCUT2D eigenvalue weighted by molar-refractivity contribution is -0.242. The second-order valence-electron chi connectivity index (χ2n) is 10.6. The molecular weight excluding hydrogens is 536 g/mol. The van der Waals surface area contributed by atoms with Gasteiger partial charge in [-0.1, -0.05) is 91.0 Å². The number of carbonyl (C=O) groups excluding carboxylic acids is 1. The molecule has 0 spiro atoms. The number of rotatable bonds is 15. The van der Waals surface area contributed by atoms with Crippen molar-refractivity contribution in [2.45, 2.75) is 56.8 Å². The molecule has 9 heteroatoms. The summed E-state index contributed by atoms with van der Waals surface area (Å²) in [4.78, 5) is 15.1. The van der Waals surface area contributed by atoms with Gasteiger partial charge in [0, 0.05) is 26.2 Å². The van der Waals surface area contributed by atoms with Crippen LogP contribution in [-0.2, 0) is 38.8 Å². The van der Waals surface area contributed by atoms with E-state index in [2.05, 4.69) is 5.32 Å². The number of nitrogens with zero attached hydrogens (tertiary/aromatic N) is 1. The van der Waals surface area contributed by atoms with Crippen LogP contribution in [0.3, 0.4) is 0 Å². The topological polar surface area (TPSA) is 121 Å². The van der Waals surface area contributed by atoms with Gasteiger partial charge in [0.2, 0.25) is 0 Å². The largest absolute Gasteiger partial charge is 0.390 e. The zero-order chi connectivity index (χ0) is 29.8. The third kappa shape index (κ3) is 8.68. The first-order valence-corrected chi connectivity index (χ1v) is 14.4. The number of ether oxygens (including phenoxy) is 3. The third-order valence-corrected chi connectivity index (χ3v) is 7.51. The molecule has 0 bridgehead atoms. The highest BCUT2D eigenvalue weighted by Crippen LogP contribution is 2.29. The van der Waals surface area contributed by atoms with Gasteiger partial charge in [0.25, 0.3) is 5.91 Å². The fourth-order valence-corrected chi connectivity index (χ4v) is 4.95. The lowest BCUT2D eigenvalue weighted by Gasteiger charge is -2.43. The van der Waals surface area contributed by atoms with Crippen molar-refractivity contribution in [3.63, 3.8) is 0 Å². The smallest absolute Gasteiger partial charge is 0.254 e. The first-order chi connectivity index (χ1) is 20.4. The predicted octanol–water partition coefficient (Wildman–Crippen LogP) is 2.28. The van der Waals surface area contributed by atoms with Gasteiger partial charge < -0.3 is 39.7 Å². The normalized spacial score (nSPS) is 18.0. The highest BCUT2D eigenvalue weighted by Gasteiger charge is 2.51. The van der Waals surface area contributed by atoms with E-state index in [9.17, 15) is 20.1 Å². The van der Waals surface area contributed by atoms with Crippen LogP contribution in [0.15, 0.2) is 91.0 Å². The minimum absolute atomic E-state index is 0.0406. The van der Waals surface area contributed by atoms with E-state index in [1.807, 2.05) is 91.0 Å². The van der Waals surface area contributed by atoms with Crippen molar-refractivity contribution in [1.82, 2.24) is 10.2 Å². The maximum absolute atomic E-state index is 13.6. The maximum Gasteiger partial charge on any atom is 0.254 e. The molecule has 4 N–H and O–H groups in total. The van der Waals surface area contributed by atoms with Crippen LogP contribution >= 0.6 is 0 Å². The first kappa shape index (κ1) is 31.8. The van der Waals surface area contributed by atoms with Gasteiger partial charge in [-0.3, -0.25) is 4.79 Å². The minimum atomic E-state index is -2.05. The van der Waals surface area contributed by atoms with E-state index in [1.165, 1.54) is 6.92 Å². The molecule has 226 valence electrons. The number of nitrogens with one attached hydrogen (secondary N) is 1. The molecule has 1 amide bonds. The molecule has 3 aromatic carbocycles. The molecule has 0 aliphatic carbocycles. The van der Waals surface area contributed by atoms with E-state index < -0.39 is 35.9 Å². The Morgan fingerprint density at radius 3 is 1.79 bits per heavy atom. The molecule has 1 aliphatic heterocycles. The average molecular weight is 579 g/mol. The quantitative estimate of drug-likeness (QED) is 0.217. The van der Waals surface area contributed by atoms with Crippen LogP contribution < -0.4 is 5.32 Å². The van der Waals surface area contributed by atoms with Crippen molar-refractivity contribution in [2.24, 2.45) is 0 Å². The highest BCUT2D eigenvalue weighted by atomic mass is 16.6. The Bertz CT molecular complexity index is 1190. The zero-order valence-corrected chi connectivity index (χ0v) is 24.0. The van der Waals surface area contributed by atoms with Crippen LogP contribution in [0.5, 0.6) is 0 Å². The summed E-state index contributed by atoms with van der Waals surface area (Å²) in [6.07, 6.45) is -5.72. The fourth-order valence-electron chi connectivity index (χ4n) is 4.95. The number of aliphatic hydroxyl groups excluding tert-OH is 2. The summed E-state index contributed by atoms with van der Waals surface area (Å²) in [5, 5.41) is 37.8. The van der Waals surface area contributed by atoms with Crippen molar-refractivity contribution in [3.05, 3.63) is 108 Å². The highest BCUT2D eigenvalue weighted by molar-refractivity contribution is 5.81. The number of carbonyl (C=O) groups is 1. The summed E-state index contributed by atoms with van der Waals surface area (Å²) in [5.41, 5.74) is 0.464. The number of hydrogen-bond acceptors (Lipinski definition) is 8. The molecule has 42 heavy (non-hydrogen) atoms. The van der Waals surface area contributed by atoms with Crippen LogP contribution in [0.4, 0.5) is 0 Å². The van der Waals surface area contributed by atoms with Crippen LogP contribution in [0.2, 0.25) is 0 Å². The van der Waals surface area contributed by atoms with E-state index in [4.69, 9.17) is 14.2 Å². The summed E-state index contributed by atoms with van der Waals surface area (Å²) in [5.74, 6) is -0.527. The summed E-state index contributed by atoms with van der Waals surface area (Å²) >= 11 is 0. The summed E-state index contributed by atoms with van der Waals surface area (Å²) in [6.45, 7) is 3.43. The molecule has 1 fully saturated rings. The molecule has 0 unspecified atom stereocenters. The Labute approximate surface area is 247 Å². The number of aliphatic hydroxyl groups is 3. The monoisotopic (exact) mass is 578 g/mol. The van der Waals surface area contributed by atoms with E-state index in [1.54, 1.807) is 4.90 Å². The van der Waals surface area contributed by atoms with Crippen LogP contribution in [0.25, 0.3) is 0 Å². The number of amides is 1. The Balaban J connectivity index is 1.65. The van der Waals surface area contributed by atoms with E-state index in [0.29, 0.717) is 26.2 Å². The standard InChI is InChI=1S/C33H42N2O7/c1-25(36)33(39,24-40-21-26-11-5-2-6-12-26)31(42-23-28-15-9-4-10-16-28)30(41-22-27-13-7-3-8-14-27)29(37)32(38)35-19-17-34-18-20-35/h2-16,25,29-31,34,36-37,39H,17-24H2,1H3/t25-,29-,30-,31+,33-/m1/s1. The second kappa shape index (κ2) is 15.9. The molecule has 0 radical (unpaired) electrons. The number of hydrogen-bond donors (Lipinski definition) is 4. The Kier molecular flexibility index (Phi) is 12.0. The van der Waals surface area contributed by atoms with Gasteiger partial charge in [-0.05, 0) is 23.6 Å². The maximum atomic E-state index is 13.6. The second-order valence-corrected chi connectivity index (χ2v) is 10.6. The predicted molar refractivity (Wildman–Crippen MR) is 158 cm³/mol. The molecule has 0 saturated carbocycles. The summed E-state index contributed by atoms with van der Waals surface area (Å²) in [6, 6.07) is 28.1. The Morgan fingerprint density at radius 2 is 1.29 bits per heavy atom. The van der Waals surface area contributed by atoms with Gasteiger partial charge in [-0.15, -0.1) is 0 Å². The molecule has 4 rings (SSSR count). The van der Waals surface area contributed by atoms with Crippen molar-refractivity contribution < 1.29 is 34.3 Å². The summed E-state index contributed by atoms with van der Waals surface area (Å²) in [7, 11) is 0. The average Bonchev–Trinajstić information content (AvgIpc) is 3.03. The third-order valence-electron chi connectivity index (χ3n) is 7.51. The van der Waals surface area contributed by atoms with Gasteiger partial charge in [-0.25, -0.2) is 0 Å². The molecule has 1 aliphatic rings. The lowest BCUT2D eigenvalue weighted by atomic mass is 9.85. The fraction of sp³-hybridized carbons (Fsp3) is 0.424. The molecule has 1 saturated heterocycles. The SMILES string of the molecule is C[C@@H](O)[C@](O)(COCc1ccccc1)[C@@H](OCc1ccccc1)[C@H](OCc1ccccc1)[C@@H](O)C(=O)N1CCNCC1. The van der Waals surface area contributed by atoms with Crippen LogP contribution in [0.1, 0.15) is 23.6 Å². The zero-order valence-electron chi connectivity index (χ0n) is 24.0. The Hall–Kier alpha value is -3.15. The molecule has 5 atom stereocenters. The van der Waals surface area contributed by atoms with Gasteiger partial charge in [0.1, 0.15) is 17.8 Å². The number of piperazine rings is 1.